The molecule has 0 amide bonds. The van der Waals surface area contributed by atoms with Gasteiger partial charge in [-0.3, -0.25) is 4.99 Å². The van der Waals surface area contributed by atoms with E-state index >= 15 is 0 Å². The fraction of sp³-hybridized carbons (Fsp3) is 0.588. The van der Waals surface area contributed by atoms with Gasteiger partial charge in [-0.1, -0.05) is 6.92 Å². The highest BCUT2D eigenvalue weighted by Gasteiger charge is 2.28. The number of hydrogen-bond donors (Lipinski definition) is 1. The summed E-state index contributed by atoms with van der Waals surface area (Å²) >= 11 is 1.70. The molecule has 24 heavy (non-hydrogen) atoms. The van der Waals surface area contributed by atoms with E-state index < -0.39 is 0 Å². The topological polar surface area (TPSA) is 58.3 Å². The Bertz CT molecular complexity index is 622. The van der Waals surface area contributed by atoms with Crippen LogP contribution in [0.4, 0.5) is 0 Å². The number of guanidine groups is 1. The fourth-order valence-electron chi connectivity index (χ4n) is 3.15. The van der Waals surface area contributed by atoms with Crippen molar-refractivity contribution in [2.24, 2.45) is 10.9 Å². The lowest BCUT2D eigenvalue weighted by molar-refractivity contribution is 0.189. The molecule has 1 fully saturated rings. The predicted octanol–water partition coefficient (Wildman–Crippen LogP) is 2.43. The highest BCUT2D eigenvalue weighted by Crippen LogP contribution is 2.27. The van der Waals surface area contributed by atoms with E-state index in [-0.39, 0.29) is 0 Å². The lowest BCUT2D eigenvalue weighted by Crippen LogP contribution is -2.49. The van der Waals surface area contributed by atoms with Crippen LogP contribution < -0.4 is 5.32 Å². The average molecular weight is 347 g/mol. The van der Waals surface area contributed by atoms with Crippen molar-refractivity contribution in [3.05, 3.63) is 35.3 Å². The number of thiazole rings is 1. The van der Waals surface area contributed by atoms with Gasteiger partial charge in [0.05, 0.1) is 17.4 Å². The minimum absolute atomic E-state index is 0.448. The monoisotopic (exact) mass is 346 g/mol. The summed E-state index contributed by atoms with van der Waals surface area (Å²) < 4.78 is 2.23. The van der Waals surface area contributed by atoms with Crippen molar-refractivity contribution in [2.45, 2.75) is 32.7 Å². The van der Waals surface area contributed by atoms with Crippen LogP contribution in [0.1, 0.15) is 31.3 Å². The highest BCUT2D eigenvalue weighted by atomic mass is 32.1. The van der Waals surface area contributed by atoms with Crippen molar-refractivity contribution in [2.75, 3.05) is 26.2 Å². The molecule has 2 atom stereocenters. The zero-order valence-corrected chi connectivity index (χ0v) is 15.2. The van der Waals surface area contributed by atoms with Crippen LogP contribution in [0, 0.1) is 5.92 Å². The van der Waals surface area contributed by atoms with Gasteiger partial charge in [0.2, 0.25) is 0 Å². The Kier molecular flexibility index (Phi) is 5.85. The van der Waals surface area contributed by atoms with Crippen molar-refractivity contribution in [1.29, 1.82) is 0 Å². The molecular formula is C17H26N6S. The van der Waals surface area contributed by atoms with Crippen LogP contribution in [0.15, 0.2) is 35.3 Å². The molecule has 7 heteroatoms. The first-order valence-electron chi connectivity index (χ1n) is 8.67. The summed E-state index contributed by atoms with van der Waals surface area (Å²) in [5.74, 6) is 1.67. The van der Waals surface area contributed by atoms with E-state index in [1.165, 1.54) is 6.42 Å². The first kappa shape index (κ1) is 17.0. The molecule has 0 radical (unpaired) electrons. The molecule has 130 valence electrons. The summed E-state index contributed by atoms with van der Waals surface area (Å²) in [7, 11) is 0. The van der Waals surface area contributed by atoms with Crippen molar-refractivity contribution >= 4 is 17.3 Å². The predicted molar refractivity (Wildman–Crippen MR) is 98.4 cm³/mol. The van der Waals surface area contributed by atoms with E-state index in [1.54, 1.807) is 11.3 Å². The van der Waals surface area contributed by atoms with E-state index in [0.717, 1.165) is 43.6 Å². The molecule has 1 N–H and O–H groups in total. The molecule has 1 aliphatic rings. The second-order valence-electron chi connectivity index (χ2n) is 6.20. The third-order valence-corrected chi connectivity index (χ3v) is 5.37. The number of rotatable bonds is 5. The minimum Gasteiger partial charge on any atom is -0.357 e. The molecule has 3 rings (SSSR count). The van der Waals surface area contributed by atoms with Gasteiger partial charge < -0.3 is 14.8 Å². The molecule has 1 saturated heterocycles. The van der Waals surface area contributed by atoms with Gasteiger partial charge in [0.25, 0.3) is 0 Å². The molecule has 6 nitrogen and oxygen atoms in total. The molecule has 2 aromatic rings. The van der Waals surface area contributed by atoms with Crippen molar-refractivity contribution < 1.29 is 0 Å². The smallest absolute Gasteiger partial charge is 0.193 e. The maximum atomic E-state index is 4.83. The number of imidazole rings is 1. The SMILES string of the molecule is CCNC(=NCCc1nccs1)N1CCC(C)C(n2ccnc2)C1. The standard InChI is InChI=1S/C17H26N6S/c1-3-19-17(21-6-4-16-20-8-11-24-16)22-9-5-14(2)15(12-22)23-10-7-18-13-23/h7-8,10-11,13-15H,3-6,9,12H2,1-2H3,(H,19,21). The number of nitrogens with one attached hydrogen (secondary N) is 1. The molecule has 0 aliphatic carbocycles. The number of likely N-dealkylation sites (tertiary alicyclic amines) is 1. The molecule has 1 aliphatic heterocycles. The summed E-state index contributed by atoms with van der Waals surface area (Å²) in [6.45, 7) is 8.14. The third-order valence-electron chi connectivity index (χ3n) is 4.53. The van der Waals surface area contributed by atoms with E-state index in [4.69, 9.17) is 4.99 Å². The van der Waals surface area contributed by atoms with Crippen LogP contribution in [-0.2, 0) is 6.42 Å². The Morgan fingerprint density at radius 1 is 1.46 bits per heavy atom. The quantitative estimate of drug-likeness (QED) is 0.667. The largest absolute Gasteiger partial charge is 0.357 e. The summed E-state index contributed by atoms with van der Waals surface area (Å²) in [6.07, 6.45) is 9.78. The van der Waals surface area contributed by atoms with Gasteiger partial charge in [0.1, 0.15) is 0 Å². The van der Waals surface area contributed by atoms with Gasteiger partial charge in [-0.2, -0.15) is 0 Å². The number of piperidine rings is 1. The van der Waals surface area contributed by atoms with Crippen LogP contribution >= 0.6 is 11.3 Å². The summed E-state index contributed by atoms with van der Waals surface area (Å²) in [5.41, 5.74) is 0. The van der Waals surface area contributed by atoms with E-state index in [1.807, 2.05) is 24.1 Å². The second kappa shape index (κ2) is 8.28. The molecule has 0 aromatic carbocycles. The Hall–Kier alpha value is -1.89. The first-order valence-corrected chi connectivity index (χ1v) is 9.55. The number of aliphatic imine (C=N–C) groups is 1. The van der Waals surface area contributed by atoms with Crippen LogP contribution in [0.25, 0.3) is 0 Å². The minimum atomic E-state index is 0.448. The number of nitrogens with zero attached hydrogens (tertiary/aromatic N) is 5. The van der Waals surface area contributed by atoms with Crippen molar-refractivity contribution in [1.82, 2.24) is 24.8 Å². The number of aromatic nitrogens is 3. The number of hydrogen-bond acceptors (Lipinski definition) is 4. The van der Waals surface area contributed by atoms with Gasteiger partial charge >= 0.3 is 0 Å². The zero-order valence-electron chi connectivity index (χ0n) is 14.4. The molecule has 0 spiro atoms. The van der Waals surface area contributed by atoms with Crippen LogP contribution in [0.5, 0.6) is 0 Å². The van der Waals surface area contributed by atoms with Crippen LogP contribution in [0.2, 0.25) is 0 Å². The van der Waals surface area contributed by atoms with E-state index in [0.29, 0.717) is 12.0 Å². The average Bonchev–Trinajstić information content (AvgIpc) is 3.28. The van der Waals surface area contributed by atoms with Gasteiger partial charge in [0.15, 0.2) is 5.96 Å². The van der Waals surface area contributed by atoms with Gasteiger partial charge in [-0.25, -0.2) is 9.97 Å². The molecular weight excluding hydrogens is 320 g/mol. The fourth-order valence-corrected chi connectivity index (χ4v) is 3.76. The molecule has 2 unspecified atom stereocenters. The molecule has 3 heterocycles. The molecule has 2 aromatic heterocycles. The Labute approximate surface area is 147 Å². The summed E-state index contributed by atoms with van der Waals surface area (Å²) in [5, 5.41) is 6.62. The molecule has 0 bridgehead atoms. The van der Waals surface area contributed by atoms with E-state index in [2.05, 4.69) is 44.8 Å². The van der Waals surface area contributed by atoms with Gasteiger partial charge in [-0.05, 0) is 19.3 Å². The summed E-state index contributed by atoms with van der Waals surface area (Å²) in [6, 6.07) is 0.448. The first-order chi connectivity index (χ1) is 11.8. The maximum Gasteiger partial charge on any atom is 0.193 e. The Balaban J connectivity index is 1.66. The normalized spacial score (nSPS) is 21.9. The van der Waals surface area contributed by atoms with E-state index in [9.17, 15) is 0 Å². The maximum absolute atomic E-state index is 4.83. The molecule has 0 saturated carbocycles. The Morgan fingerprint density at radius 3 is 3.08 bits per heavy atom. The lowest BCUT2D eigenvalue weighted by atomic mass is 9.93. The Morgan fingerprint density at radius 2 is 2.38 bits per heavy atom. The van der Waals surface area contributed by atoms with Crippen molar-refractivity contribution in [3.63, 3.8) is 0 Å². The van der Waals surface area contributed by atoms with Gasteiger partial charge in [0, 0.05) is 56.6 Å². The van der Waals surface area contributed by atoms with Gasteiger partial charge in [-0.15, -0.1) is 11.3 Å². The zero-order chi connectivity index (χ0) is 16.8. The van der Waals surface area contributed by atoms with Crippen LogP contribution in [0.3, 0.4) is 0 Å². The highest BCUT2D eigenvalue weighted by molar-refractivity contribution is 7.09. The second-order valence-corrected chi connectivity index (χ2v) is 7.18. The van der Waals surface area contributed by atoms with Crippen molar-refractivity contribution in [3.8, 4) is 0 Å². The third kappa shape index (κ3) is 4.14. The summed E-state index contributed by atoms with van der Waals surface area (Å²) in [4.78, 5) is 15.8. The van der Waals surface area contributed by atoms with Crippen LogP contribution in [-0.4, -0.2) is 51.6 Å². The lowest BCUT2D eigenvalue weighted by Gasteiger charge is -2.39.